The first-order valence-electron chi connectivity index (χ1n) is 8.45. The van der Waals surface area contributed by atoms with Gasteiger partial charge in [-0.15, -0.1) is 0 Å². The smallest absolute Gasteiger partial charge is 0.287 e. The number of carbonyl (C=O) groups excluding carboxylic acids is 2. The quantitative estimate of drug-likeness (QED) is 0.460. The number of hydrogen-bond acceptors (Lipinski definition) is 5. The molecule has 3 aromatic rings. The fourth-order valence-electron chi connectivity index (χ4n) is 2.47. The summed E-state index contributed by atoms with van der Waals surface area (Å²) in [7, 11) is 0. The van der Waals surface area contributed by atoms with Gasteiger partial charge >= 0.3 is 0 Å². The molecule has 2 aromatic heterocycles. The van der Waals surface area contributed by atoms with E-state index in [-0.39, 0.29) is 23.3 Å². The zero-order valence-corrected chi connectivity index (χ0v) is 15.7. The van der Waals surface area contributed by atoms with Gasteiger partial charge in [-0.05, 0) is 30.7 Å². The first-order chi connectivity index (χ1) is 13.1. The van der Waals surface area contributed by atoms with Crippen LogP contribution >= 0.6 is 11.8 Å². The van der Waals surface area contributed by atoms with Crippen molar-refractivity contribution >= 4 is 23.6 Å². The van der Waals surface area contributed by atoms with Gasteiger partial charge in [0.05, 0.1) is 17.7 Å². The fraction of sp³-hybridized carbons (Fsp3) is 0.211. The Balaban J connectivity index is 1.43. The van der Waals surface area contributed by atoms with Crippen molar-refractivity contribution in [3.63, 3.8) is 0 Å². The molecule has 140 valence electrons. The molecule has 27 heavy (non-hydrogen) atoms. The fourth-order valence-corrected chi connectivity index (χ4v) is 3.26. The van der Waals surface area contributed by atoms with E-state index >= 15 is 0 Å². The van der Waals surface area contributed by atoms with Crippen LogP contribution in [0.3, 0.4) is 0 Å². The Morgan fingerprint density at radius 3 is 2.74 bits per heavy atom. The van der Waals surface area contributed by atoms with E-state index in [2.05, 4.69) is 15.6 Å². The monoisotopic (exact) mass is 384 g/mol. The number of amides is 2. The van der Waals surface area contributed by atoms with E-state index in [0.29, 0.717) is 13.1 Å². The molecule has 0 bridgehead atoms. The number of thioether (sulfide) groups is 1. The third kappa shape index (κ3) is 5.01. The van der Waals surface area contributed by atoms with Crippen LogP contribution in [0, 0.1) is 6.92 Å². The molecule has 0 aliphatic heterocycles. The minimum atomic E-state index is -0.302. The molecule has 0 unspecified atom stereocenters. The molecule has 2 heterocycles. The van der Waals surface area contributed by atoms with Gasteiger partial charge in [-0.2, -0.15) is 0 Å². The Bertz CT molecular complexity index is 905. The van der Waals surface area contributed by atoms with Crippen molar-refractivity contribution in [3.05, 3.63) is 66.4 Å². The van der Waals surface area contributed by atoms with E-state index in [1.54, 1.807) is 18.3 Å². The van der Waals surface area contributed by atoms with Gasteiger partial charge in [-0.3, -0.25) is 14.2 Å². The maximum atomic E-state index is 12.0. The second-order valence-corrected chi connectivity index (χ2v) is 6.68. The van der Waals surface area contributed by atoms with Gasteiger partial charge in [0.15, 0.2) is 10.9 Å². The summed E-state index contributed by atoms with van der Waals surface area (Å²) in [6.45, 7) is 2.71. The molecule has 0 aliphatic carbocycles. The number of carbonyl (C=O) groups is 2. The molecule has 2 amide bonds. The topological polar surface area (TPSA) is 89.2 Å². The predicted molar refractivity (Wildman–Crippen MR) is 103 cm³/mol. The number of nitrogens with one attached hydrogen (secondary N) is 2. The van der Waals surface area contributed by atoms with Gasteiger partial charge in [-0.1, -0.05) is 30.0 Å². The maximum Gasteiger partial charge on any atom is 0.287 e. The summed E-state index contributed by atoms with van der Waals surface area (Å²) >= 11 is 1.37. The minimum Gasteiger partial charge on any atom is -0.459 e. The molecule has 1 aromatic carbocycles. The van der Waals surface area contributed by atoms with Crippen LogP contribution in [-0.4, -0.2) is 40.2 Å². The van der Waals surface area contributed by atoms with Crippen molar-refractivity contribution in [3.8, 4) is 5.69 Å². The molecule has 3 rings (SSSR count). The van der Waals surface area contributed by atoms with Gasteiger partial charge < -0.3 is 15.1 Å². The first-order valence-corrected chi connectivity index (χ1v) is 9.44. The number of hydrogen-bond donors (Lipinski definition) is 2. The number of rotatable bonds is 8. The zero-order chi connectivity index (χ0) is 19.1. The predicted octanol–water partition coefficient (Wildman–Crippen LogP) is 2.41. The first kappa shape index (κ1) is 18.8. The molecule has 0 fully saturated rings. The van der Waals surface area contributed by atoms with Crippen LogP contribution in [0.15, 0.2) is 64.6 Å². The molecule has 0 spiro atoms. The lowest BCUT2D eigenvalue weighted by molar-refractivity contribution is -0.118. The van der Waals surface area contributed by atoms with Gasteiger partial charge in [0.25, 0.3) is 5.91 Å². The number of aromatic nitrogens is 2. The largest absolute Gasteiger partial charge is 0.459 e. The van der Waals surface area contributed by atoms with Crippen LogP contribution in [-0.2, 0) is 4.79 Å². The average molecular weight is 384 g/mol. The van der Waals surface area contributed by atoms with E-state index in [1.165, 1.54) is 18.0 Å². The van der Waals surface area contributed by atoms with Crippen LogP contribution in [0.2, 0.25) is 0 Å². The van der Waals surface area contributed by atoms with Crippen LogP contribution in [0.1, 0.15) is 16.1 Å². The Labute approximate surface area is 161 Å². The highest BCUT2D eigenvalue weighted by atomic mass is 32.2. The molecular formula is C19H20N4O3S. The van der Waals surface area contributed by atoms with Crippen molar-refractivity contribution in [1.82, 2.24) is 20.2 Å². The van der Waals surface area contributed by atoms with Gasteiger partial charge in [-0.25, -0.2) is 4.98 Å². The highest BCUT2D eigenvalue weighted by Gasteiger charge is 2.11. The second kappa shape index (κ2) is 9.09. The summed E-state index contributed by atoms with van der Waals surface area (Å²) < 4.78 is 6.97. The molecule has 0 saturated carbocycles. The third-order valence-electron chi connectivity index (χ3n) is 3.79. The Morgan fingerprint density at radius 1 is 1.15 bits per heavy atom. The van der Waals surface area contributed by atoms with Crippen molar-refractivity contribution in [2.24, 2.45) is 0 Å². The van der Waals surface area contributed by atoms with Crippen molar-refractivity contribution < 1.29 is 14.0 Å². The maximum absolute atomic E-state index is 12.0. The van der Waals surface area contributed by atoms with E-state index in [0.717, 1.165) is 16.4 Å². The third-order valence-corrected chi connectivity index (χ3v) is 4.76. The van der Waals surface area contributed by atoms with E-state index < -0.39 is 0 Å². The van der Waals surface area contributed by atoms with E-state index in [1.807, 2.05) is 42.0 Å². The lowest BCUT2D eigenvalue weighted by Crippen LogP contribution is -2.35. The SMILES string of the molecule is Cc1ccccc1-n1ccnc1SCC(=O)NCCNC(=O)c1ccco1. The van der Waals surface area contributed by atoms with E-state index in [4.69, 9.17) is 4.42 Å². The normalized spacial score (nSPS) is 10.6. The van der Waals surface area contributed by atoms with Crippen LogP contribution < -0.4 is 10.6 Å². The van der Waals surface area contributed by atoms with Crippen molar-refractivity contribution in [2.75, 3.05) is 18.8 Å². The molecule has 2 N–H and O–H groups in total. The Kier molecular flexibility index (Phi) is 6.32. The number of para-hydroxylation sites is 1. The molecule has 0 aliphatic rings. The minimum absolute atomic E-state index is 0.119. The molecule has 8 heteroatoms. The number of nitrogens with zero attached hydrogens (tertiary/aromatic N) is 2. The zero-order valence-electron chi connectivity index (χ0n) is 14.8. The summed E-state index contributed by atoms with van der Waals surface area (Å²) in [5, 5.41) is 6.21. The van der Waals surface area contributed by atoms with Crippen molar-refractivity contribution in [2.45, 2.75) is 12.1 Å². The number of imidazole rings is 1. The summed E-state index contributed by atoms with van der Waals surface area (Å²) in [5.41, 5.74) is 2.17. The Hall–Kier alpha value is -3.00. The van der Waals surface area contributed by atoms with Gasteiger partial charge in [0.2, 0.25) is 5.91 Å². The van der Waals surface area contributed by atoms with Crippen LogP contribution in [0.5, 0.6) is 0 Å². The summed E-state index contributed by atoms with van der Waals surface area (Å²) in [4.78, 5) is 28.1. The number of furan rings is 1. The van der Waals surface area contributed by atoms with Crippen LogP contribution in [0.25, 0.3) is 5.69 Å². The lowest BCUT2D eigenvalue weighted by atomic mass is 10.2. The summed E-state index contributed by atoms with van der Waals surface area (Å²) in [5.74, 6) is 0.0741. The number of aryl methyl sites for hydroxylation is 1. The summed E-state index contributed by atoms with van der Waals surface area (Å²) in [6, 6.07) is 11.2. The molecular weight excluding hydrogens is 364 g/mol. The Morgan fingerprint density at radius 2 is 1.96 bits per heavy atom. The molecule has 0 radical (unpaired) electrons. The van der Waals surface area contributed by atoms with Gasteiger partial charge in [0, 0.05) is 25.5 Å². The summed E-state index contributed by atoms with van der Waals surface area (Å²) in [6.07, 6.45) is 5.04. The second-order valence-electron chi connectivity index (χ2n) is 5.74. The van der Waals surface area contributed by atoms with Gasteiger partial charge in [0.1, 0.15) is 0 Å². The van der Waals surface area contributed by atoms with Crippen molar-refractivity contribution in [1.29, 1.82) is 0 Å². The lowest BCUT2D eigenvalue weighted by Gasteiger charge is -2.10. The highest BCUT2D eigenvalue weighted by Crippen LogP contribution is 2.22. The highest BCUT2D eigenvalue weighted by molar-refractivity contribution is 7.99. The number of benzene rings is 1. The average Bonchev–Trinajstić information content (AvgIpc) is 3.35. The molecule has 7 nitrogen and oxygen atoms in total. The standard InChI is InChI=1S/C19H20N4O3S/c1-14-5-2-3-6-15(14)23-11-10-22-19(23)27-13-17(24)20-8-9-21-18(25)16-7-4-12-26-16/h2-7,10-12H,8-9,13H2,1H3,(H,20,24)(H,21,25). The molecule has 0 atom stereocenters. The van der Waals surface area contributed by atoms with E-state index in [9.17, 15) is 9.59 Å². The van der Waals surface area contributed by atoms with Crippen LogP contribution in [0.4, 0.5) is 0 Å². The molecule has 0 saturated heterocycles.